The van der Waals surface area contributed by atoms with Crippen LogP contribution in [-0.2, 0) is 24.4 Å². The van der Waals surface area contributed by atoms with Gasteiger partial charge in [0.1, 0.15) is 5.01 Å². The van der Waals surface area contributed by atoms with Gasteiger partial charge in [-0.05, 0) is 13.8 Å². The Morgan fingerprint density at radius 3 is 3.05 bits per heavy atom. The topological polar surface area (TPSA) is 43.2 Å². The summed E-state index contributed by atoms with van der Waals surface area (Å²) in [5, 5.41) is 7.95. The molecule has 0 unspecified atom stereocenters. The Hall–Kier alpha value is -1.24. The van der Waals surface area contributed by atoms with Crippen molar-refractivity contribution in [2.45, 2.75) is 39.4 Å². The maximum Gasteiger partial charge on any atom is 0.107 e. The second kappa shape index (κ2) is 6.68. The molecule has 0 aromatic carbocycles. The Bertz CT molecular complexity index is 566. The molecule has 0 saturated carbocycles. The highest BCUT2D eigenvalue weighted by Gasteiger charge is 2.28. The van der Waals surface area contributed by atoms with Gasteiger partial charge in [-0.25, -0.2) is 4.98 Å². The molecule has 3 rings (SSSR count). The maximum absolute atomic E-state index is 5.67. The summed E-state index contributed by atoms with van der Waals surface area (Å²) < 4.78 is 7.71. The van der Waals surface area contributed by atoms with Crippen LogP contribution in [0.15, 0.2) is 17.8 Å². The summed E-state index contributed by atoms with van der Waals surface area (Å²) in [6, 6.07) is 0. The van der Waals surface area contributed by atoms with E-state index in [1.807, 2.05) is 23.2 Å². The van der Waals surface area contributed by atoms with Gasteiger partial charge >= 0.3 is 0 Å². The fourth-order valence-corrected chi connectivity index (χ4v) is 3.50. The van der Waals surface area contributed by atoms with Crippen LogP contribution in [-0.4, -0.2) is 39.4 Å². The van der Waals surface area contributed by atoms with Crippen LogP contribution in [0, 0.1) is 0 Å². The van der Waals surface area contributed by atoms with E-state index in [9.17, 15) is 0 Å². The van der Waals surface area contributed by atoms with E-state index in [4.69, 9.17) is 9.84 Å². The molecule has 1 aliphatic heterocycles. The molecule has 0 spiro atoms. The molecule has 6 heteroatoms. The van der Waals surface area contributed by atoms with E-state index < -0.39 is 0 Å². The van der Waals surface area contributed by atoms with Crippen LogP contribution in [0.25, 0.3) is 0 Å². The lowest BCUT2D eigenvalue weighted by atomic mass is 9.97. The fourth-order valence-electron chi connectivity index (χ4n) is 2.84. The van der Waals surface area contributed by atoms with Crippen LogP contribution < -0.4 is 0 Å². The van der Waals surface area contributed by atoms with Gasteiger partial charge in [-0.1, -0.05) is 0 Å². The quantitative estimate of drug-likeness (QED) is 0.822. The standard InChI is InChI=1S/C15H22N4OS/c1-3-19-9-12-7-18(10-14-16-5-6-21-14)8-13(11-20-4-2)15(12)17-19/h5-6,9,13H,3-4,7-8,10-11H2,1-2H3/t13-/m1/s1. The van der Waals surface area contributed by atoms with Crippen molar-refractivity contribution in [3.8, 4) is 0 Å². The summed E-state index contributed by atoms with van der Waals surface area (Å²) >= 11 is 1.72. The van der Waals surface area contributed by atoms with Crippen molar-refractivity contribution >= 4 is 11.3 Å². The molecular weight excluding hydrogens is 284 g/mol. The van der Waals surface area contributed by atoms with Gasteiger partial charge in [-0.15, -0.1) is 11.3 Å². The van der Waals surface area contributed by atoms with Gasteiger partial charge in [-0.3, -0.25) is 9.58 Å². The first-order valence-electron chi connectivity index (χ1n) is 7.54. The van der Waals surface area contributed by atoms with E-state index in [1.165, 1.54) is 16.3 Å². The van der Waals surface area contributed by atoms with Crippen LogP contribution in [0.5, 0.6) is 0 Å². The highest BCUT2D eigenvalue weighted by molar-refractivity contribution is 7.09. The summed E-state index contributed by atoms with van der Waals surface area (Å²) in [4.78, 5) is 6.85. The minimum atomic E-state index is 0.362. The first-order valence-corrected chi connectivity index (χ1v) is 8.42. The zero-order valence-electron chi connectivity index (χ0n) is 12.7. The summed E-state index contributed by atoms with van der Waals surface area (Å²) in [7, 11) is 0. The molecule has 0 radical (unpaired) electrons. The zero-order valence-corrected chi connectivity index (χ0v) is 13.5. The van der Waals surface area contributed by atoms with E-state index in [0.717, 1.165) is 39.4 Å². The van der Waals surface area contributed by atoms with Crippen molar-refractivity contribution in [1.82, 2.24) is 19.7 Å². The van der Waals surface area contributed by atoms with Crippen molar-refractivity contribution in [2.75, 3.05) is 19.8 Å². The maximum atomic E-state index is 5.67. The molecule has 3 heterocycles. The fraction of sp³-hybridized carbons (Fsp3) is 0.600. The SMILES string of the molecule is CCOC[C@H]1CN(Cc2nccs2)Cc2cn(CC)nc21. The van der Waals surface area contributed by atoms with Gasteiger partial charge in [0.25, 0.3) is 0 Å². The number of rotatable bonds is 6. The van der Waals surface area contributed by atoms with Crippen LogP contribution in [0.3, 0.4) is 0 Å². The average molecular weight is 306 g/mol. The summed E-state index contributed by atoms with van der Waals surface area (Å²) in [5.74, 6) is 0.362. The number of aryl methyl sites for hydroxylation is 1. The number of aromatic nitrogens is 3. The van der Waals surface area contributed by atoms with Crippen LogP contribution in [0.2, 0.25) is 0 Å². The molecule has 21 heavy (non-hydrogen) atoms. The summed E-state index contributed by atoms with van der Waals surface area (Å²) in [6.07, 6.45) is 4.06. The molecule has 2 aromatic heterocycles. The first-order chi connectivity index (χ1) is 10.3. The van der Waals surface area contributed by atoms with Crippen molar-refractivity contribution in [1.29, 1.82) is 0 Å². The second-order valence-corrected chi connectivity index (χ2v) is 6.33. The predicted molar refractivity (Wildman–Crippen MR) is 83.4 cm³/mol. The molecule has 0 aliphatic carbocycles. The molecular formula is C15H22N4OS. The third kappa shape index (κ3) is 3.33. The lowest BCUT2D eigenvalue weighted by Gasteiger charge is -2.31. The lowest BCUT2D eigenvalue weighted by molar-refractivity contribution is 0.104. The Morgan fingerprint density at radius 1 is 1.43 bits per heavy atom. The molecule has 0 amide bonds. The van der Waals surface area contributed by atoms with Crippen molar-refractivity contribution in [3.63, 3.8) is 0 Å². The minimum absolute atomic E-state index is 0.362. The molecule has 5 nitrogen and oxygen atoms in total. The lowest BCUT2D eigenvalue weighted by Crippen LogP contribution is -2.34. The summed E-state index contributed by atoms with van der Waals surface area (Å²) in [5.41, 5.74) is 2.56. The normalized spacial score (nSPS) is 18.9. The molecule has 2 aromatic rings. The second-order valence-electron chi connectivity index (χ2n) is 5.35. The highest BCUT2D eigenvalue weighted by Crippen LogP contribution is 2.28. The molecule has 114 valence electrons. The van der Waals surface area contributed by atoms with Gasteiger partial charge in [0.15, 0.2) is 0 Å². The van der Waals surface area contributed by atoms with Crippen LogP contribution in [0.1, 0.15) is 36.0 Å². The largest absolute Gasteiger partial charge is 0.381 e. The molecule has 0 N–H and O–H groups in total. The van der Waals surface area contributed by atoms with E-state index in [2.05, 4.69) is 23.0 Å². The van der Waals surface area contributed by atoms with Crippen molar-refractivity contribution in [2.24, 2.45) is 0 Å². The summed E-state index contributed by atoms with van der Waals surface area (Å²) in [6.45, 7) is 9.46. The Morgan fingerprint density at radius 2 is 2.33 bits per heavy atom. The third-order valence-electron chi connectivity index (χ3n) is 3.82. The molecule has 0 saturated heterocycles. The minimum Gasteiger partial charge on any atom is -0.381 e. The zero-order chi connectivity index (χ0) is 14.7. The average Bonchev–Trinajstić information content (AvgIpc) is 3.13. The molecule has 1 atom stereocenters. The van der Waals surface area contributed by atoms with Gasteiger partial charge in [0.05, 0.1) is 18.8 Å². The number of ether oxygens (including phenoxy) is 1. The van der Waals surface area contributed by atoms with E-state index in [0.29, 0.717) is 5.92 Å². The van der Waals surface area contributed by atoms with Crippen LogP contribution >= 0.6 is 11.3 Å². The highest BCUT2D eigenvalue weighted by atomic mass is 32.1. The molecule has 0 fully saturated rings. The number of nitrogens with zero attached hydrogens (tertiary/aromatic N) is 4. The third-order valence-corrected chi connectivity index (χ3v) is 4.58. The first kappa shape index (κ1) is 14.7. The molecule has 0 bridgehead atoms. The van der Waals surface area contributed by atoms with Crippen molar-refractivity contribution < 1.29 is 4.74 Å². The molecule has 1 aliphatic rings. The Labute approximate surface area is 129 Å². The van der Waals surface area contributed by atoms with Crippen molar-refractivity contribution in [3.05, 3.63) is 34.0 Å². The van der Waals surface area contributed by atoms with E-state index in [-0.39, 0.29) is 0 Å². The van der Waals surface area contributed by atoms with Crippen LogP contribution in [0.4, 0.5) is 0 Å². The smallest absolute Gasteiger partial charge is 0.107 e. The number of hydrogen-bond donors (Lipinski definition) is 0. The van der Waals surface area contributed by atoms with E-state index in [1.54, 1.807) is 11.3 Å². The predicted octanol–water partition coefficient (Wildman–Crippen LogP) is 2.50. The Kier molecular flexibility index (Phi) is 4.67. The number of hydrogen-bond acceptors (Lipinski definition) is 5. The van der Waals surface area contributed by atoms with E-state index >= 15 is 0 Å². The Balaban J connectivity index is 1.77. The number of thiazole rings is 1. The monoisotopic (exact) mass is 306 g/mol. The number of fused-ring (bicyclic) bond motifs is 1. The van der Waals surface area contributed by atoms with Gasteiger partial charge < -0.3 is 4.74 Å². The van der Waals surface area contributed by atoms with Gasteiger partial charge in [0.2, 0.25) is 0 Å². The van der Waals surface area contributed by atoms with Gasteiger partial charge in [-0.2, -0.15) is 5.10 Å². The van der Waals surface area contributed by atoms with Gasteiger partial charge in [0, 0.05) is 55.5 Å².